The molecule has 0 aliphatic rings. The Labute approximate surface area is 132 Å². The monoisotopic (exact) mass is 334 g/mol. The van der Waals surface area contributed by atoms with E-state index in [1.165, 1.54) is 11.3 Å². The fourth-order valence-electron chi connectivity index (χ4n) is 1.69. The van der Waals surface area contributed by atoms with Crippen molar-refractivity contribution in [3.8, 4) is 0 Å². The van der Waals surface area contributed by atoms with Crippen LogP contribution in [0.2, 0.25) is 0 Å². The Kier molecular flexibility index (Phi) is 6.80. The van der Waals surface area contributed by atoms with Crippen LogP contribution < -0.4 is 10.0 Å². The molecule has 0 bridgehead atoms. The molecule has 1 aromatic heterocycles. The van der Waals surface area contributed by atoms with E-state index in [2.05, 4.69) is 17.0 Å². The van der Waals surface area contributed by atoms with Crippen LogP contribution in [0.15, 0.2) is 11.0 Å². The molecule has 0 unspecified atom stereocenters. The van der Waals surface area contributed by atoms with Crippen molar-refractivity contribution in [2.75, 3.05) is 20.2 Å². The van der Waals surface area contributed by atoms with Gasteiger partial charge in [-0.15, -0.1) is 11.3 Å². The van der Waals surface area contributed by atoms with Gasteiger partial charge in [-0.2, -0.15) is 0 Å². The van der Waals surface area contributed by atoms with Crippen LogP contribution in [0.5, 0.6) is 0 Å². The lowest BCUT2D eigenvalue weighted by Crippen LogP contribution is -2.39. The average molecular weight is 335 g/mol. The van der Waals surface area contributed by atoms with Crippen molar-refractivity contribution in [1.82, 2.24) is 10.0 Å². The summed E-state index contributed by atoms with van der Waals surface area (Å²) in [7, 11) is -1.92. The minimum atomic E-state index is -3.49. The Morgan fingerprint density at radius 2 is 2.05 bits per heavy atom. The quantitative estimate of drug-likeness (QED) is 0.680. The van der Waals surface area contributed by atoms with E-state index in [1.807, 2.05) is 20.8 Å². The molecule has 0 fully saturated rings. The molecule has 0 atom stereocenters. The lowest BCUT2D eigenvalue weighted by Gasteiger charge is -2.22. The maximum absolute atomic E-state index is 12.4. The molecule has 0 saturated carbocycles. The van der Waals surface area contributed by atoms with E-state index in [-0.39, 0.29) is 6.54 Å². The van der Waals surface area contributed by atoms with Crippen LogP contribution in [0.3, 0.4) is 0 Å². The van der Waals surface area contributed by atoms with E-state index in [4.69, 9.17) is 4.74 Å². The molecule has 2 N–H and O–H groups in total. The number of rotatable bonds is 9. The average Bonchev–Trinajstić information content (AvgIpc) is 2.79. The fraction of sp³-hybridized carbons (Fsp3) is 0.714. The second-order valence-electron chi connectivity index (χ2n) is 5.60. The van der Waals surface area contributed by atoms with Crippen LogP contribution in [0.1, 0.15) is 36.9 Å². The third kappa shape index (κ3) is 5.67. The highest BCUT2D eigenvalue weighted by atomic mass is 32.2. The zero-order chi connectivity index (χ0) is 16.1. The number of thiophene rings is 1. The Balaban J connectivity index is 2.79. The summed E-state index contributed by atoms with van der Waals surface area (Å²) in [4.78, 5) is 2.21. The predicted octanol–water partition coefficient (Wildman–Crippen LogP) is 2.26. The third-order valence-electron chi connectivity index (χ3n) is 3.18. The van der Waals surface area contributed by atoms with Crippen molar-refractivity contribution in [3.05, 3.63) is 15.8 Å². The number of hydrogen-bond donors (Lipinski definition) is 2. The third-order valence-corrected chi connectivity index (χ3v) is 5.89. The van der Waals surface area contributed by atoms with E-state index in [9.17, 15) is 8.42 Å². The van der Waals surface area contributed by atoms with Gasteiger partial charge in [-0.25, -0.2) is 13.1 Å². The summed E-state index contributed by atoms with van der Waals surface area (Å²) in [6.07, 6.45) is 1.06. The normalized spacial score (nSPS) is 12.8. The molecule has 0 aromatic carbocycles. The minimum Gasteiger partial charge on any atom is -0.377 e. The first-order chi connectivity index (χ1) is 9.72. The van der Waals surface area contributed by atoms with Gasteiger partial charge in [0, 0.05) is 30.0 Å². The van der Waals surface area contributed by atoms with Crippen LogP contribution in [0.4, 0.5) is 0 Å². The summed E-state index contributed by atoms with van der Waals surface area (Å²) in [5, 5.41) is 3.28. The number of ether oxygens (including phenoxy) is 1. The lowest BCUT2D eigenvalue weighted by molar-refractivity contribution is 0.0276. The van der Waals surface area contributed by atoms with Gasteiger partial charge in [0.15, 0.2) is 0 Å². The van der Waals surface area contributed by atoms with Crippen molar-refractivity contribution in [2.24, 2.45) is 0 Å². The molecule has 1 heterocycles. The highest BCUT2D eigenvalue weighted by Gasteiger charge is 2.24. The predicted molar refractivity (Wildman–Crippen MR) is 87.3 cm³/mol. The van der Waals surface area contributed by atoms with Gasteiger partial charge in [0.05, 0.1) is 10.5 Å². The summed E-state index contributed by atoms with van der Waals surface area (Å²) in [5.41, 5.74) is -0.525. The summed E-state index contributed by atoms with van der Waals surface area (Å²) in [6, 6.07) is 1.75. The van der Waals surface area contributed by atoms with Crippen molar-refractivity contribution in [2.45, 2.75) is 51.2 Å². The maximum atomic E-state index is 12.4. The lowest BCUT2D eigenvalue weighted by atomic mass is 10.1. The second kappa shape index (κ2) is 7.69. The van der Waals surface area contributed by atoms with Gasteiger partial charge in [0.25, 0.3) is 0 Å². The largest absolute Gasteiger partial charge is 0.377 e. The van der Waals surface area contributed by atoms with Crippen LogP contribution in [-0.2, 0) is 21.3 Å². The smallest absolute Gasteiger partial charge is 0.241 e. The van der Waals surface area contributed by atoms with Crippen molar-refractivity contribution >= 4 is 21.4 Å². The minimum absolute atomic E-state index is 0.241. The summed E-state index contributed by atoms with van der Waals surface area (Å²) < 4.78 is 32.6. The van der Waals surface area contributed by atoms with Crippen molar-refractivity contribution < 1.29 is 13.2 Å². The van der Waals surface area contributed by atoms with Crippen LogP contribution in [0.25, 0.3) is 0 Å². The molecule has 0 spiro atoms. The summed E-state index contributed by atoms with van der Waals surface area (Å²) in [6.45, 7) is 9.50. The van der Waals surface area contributed by atoms with Gasteiger partial charge in [-0.1, -0.05) is 6.92 Å². The standard InChI is InChI=1S/C14H26N2O3S2/c1-6-7-15-9-12-8-13(11(2)20-12)21(17,18)16-10-14(3,4)19-5/h8,15-16H,6-7,9-10H2,1-5H3. The second-order valence-corrected chi connectivity index (χ2v) is 8.67. The van der Waals surface area contributed by atoms with Gasteiger partial charge in [0.1, 0.15) is 0 Å². The van der Waals surface area contributed by atoms with Crippen molar-refractivity contribution in [1.29, 1.82) is 0 Å². The maximum Gasteiger partial charge on any atom is 0.241 e. The van der Waals surface area contributed by atoms with E-state index in [0.29, 0.717) is 11.4 Å². The SMILES string of the molecule is CCCNCc1cc(S(=O)(=O)NCC(C)(C)OC)c(C)s1. The van der Waals surface area contributed by atoms with E-state index in [1.54, 1.807) is 13.2 Å². The van der Waals surface area contributed by atoms with E-state index in [0.717, 1.165) is 22.7 Å². The van der Waals surface area contributed by atoms with Gasteiger partial charge < -0.3 is 10.1 Å². The molecule has 0 aliphatic heterocycles. The number of methoxy groups -OCH3 is 1. The van der Waals surface area contributed by atoms with Gasteiger partial charge >= 0.3 is 0 Å². The topological polar surface area (TPSA) is 67.4 Å². The molecule has 122 valence electrons. The van der Waals surface area contributed by atoms with Gasteiger partial charge in [-0.3, -0.25) is 0 Å². The zero-order valence-corrected chi connectivity index (χ0v) is 15.1. The molecule has 0 aliphatic carbocycles. The molecular formula is C14H26N2O3S2. The molecule has 1 aromatic rings. The van der Waals surface area contributed by atoms with Crippen LogP contribution in [-0.4, -0.2) is 34.2 Å². The van der Waals surface area contributed by atoms with Crippen molar-refractivity contribution in [3.63, 3.8) is 0 Å². The zero-order valence-electron chi connectivity index (χ0n) is 13.4. The first-order valence-corrected chi connectivity index (χ1v) is 9.36. The molecule has 5 nitrogen and oxygen atoms in total. The molecule has 21 heavy (non-hydrogen) atoms. The van der Waals surface area contributed by atoms with E-state index >= 15 is 0 Å². The van der Waals surface area contributed by atoms with Gasteiger partial charge in [-0.05, 0) is 39.8 Å². The highest BCUT2D eigenvalue weighted by Crippen LogP contribution is 2.25. The molecule has 0 radical (unpaired) electrons. The highest BCUT2D eigenvalue weighted by molar-refractivity contribution is 7.89. The Hall–Kier alpha value is -0.470. The summed E-state index contributed by atoms with van der Waals surface area (Å²) in [5.74, 6) is 0. The first-order valence-electron chi connectivity index (χ1n) is 7.06. The molecule has 0 amide bonds. The van der Waals surface area contributed by atoms with E-state index < -0.39 is 15.6 Å². The molecule has 0 saturated heterocycles. The molecular weight excluding hydrogens is 308 g/mol. The van der Waals surface area contributed by atoms with Gasteiger partial charge in [0.2, 0.25) is 10.0 Å². The summed E-state index contributed by atoms with van der Waals surface area (Å²) >= 11 is 1.52. The number of sulfonamides is 1. The number of aryl methyl sites for hydroxylation is 1. The Morgan fingerprint density at radius 1 is 1.38 bits per heavy atom. The Bertz CT molecular complexity index is 551. The van der Waals surface area contributed by atoms with Crippen LogP contribution in [0, 0.1) is 6.92 Å². The number of nitrogens with one attached hydrogen (secondary N) is 2. The molecule has 7 heteroatoms. The number of hydrogen-bond acceptors (Lipinski definition) is 5. The van der Waals surface area contributed by atoms with Crippen LogP contribution >= 0.6 is 11.3 Å². The molecule has 1 rings (SSSR count). The fourth-order valence-corrected chi connectivity index (χ4v) is 4.49. The first kappa shape index (κ1) is 18.6. The Morgan fingerprint density at radius 3 is 2.62 bits per heavy atom.